The molecule has 0 atom stereocenters. The molecule has 0 saturated carbocycles. The molecule has 0 unspecified atom stereocenters. The Morgan fingerprint density at radius 2 is 1.84 bits per heavy atom. The van der Waals surface area contributed by atoms with Crippen LogP contribution in [0.1, 0.15) is 41.5 Å². The van der Waals surface area contributed by atoms with E-state index in [1.54, 1.807) is 20.0 Å². The van der Waals surface area contributed by atoms with E-state index in [-0.39, 0.29) is 11.8 Å². The number of aliphatic imine (C=N–C) groups is 1. The van der Waals surface area contributed by atoms with E-state index >= 15 is 0 Å². The molecule has 0 aliphatic carbocycles. The van der Waals surface area contributed by atoms with Gasteiger partial charge in [0.2, 0.25) is 0 Å². The zero-order valence-electron chi connectivity index (χ0n) is 12.4. The molecule has 1 rings (SSSR count). The second-order valence-electron chi connectivity index (χ2n) is 6.06. The summed E-state index contributed by atoms with van der Waals surface area (Å²) in [6.07, 6.45) is 1.56. The van der Waals surface area contributed by atoms with Crippen molar-refractivity contribution >= 4 is 28.6 Å². The molecule has 106 valence electrons. The van der Waals surface area contributed by atoms with Crippen LogP contribution in [0.15, 0.2) is 16.8 Å². The molecule has 0 aromatic carbocycles. The quantitative estimate of drug-likeness (QED) is 0.747. The number of carbonyl (C=O) groups excluding carboxylic acids is 2. The van der Waals surface area contributed by atoms with Gasteiger partial charge in [-0.1, -0.05) is 0 Å². The maximum absolute atomic E-state index is 12.2. The minimum absolute atomic E-state index is 0.0189. The molecule has 0 radical (unpaired) electrons. The molecule has 1 aliphatic rings. The van der Waals surface area contributed by atoms with Crippen LogP contribution in [-0.2, 0) is 14.3 Å². The lowest BCUT2D eigenvalue weighted by molar-refractivity contribution is -0.161. The number of rotatable bonds is 3. The first-order valence-corrected chi connectivity index (χ1v) is 7.17. The highest BCUT2D eigenvalue weighted by atomic mass is 32.2. The van der Waals surface area contributed by atoms with E-state index in [2.05, 4.69) is 4.99 Å². The molecule has 5 heteroatoms. The third kappa shape index (κ3) is 4.20. The summed E-state index contributed by atoms with van der Waals surface area (Å²) in [5, 5.41) is 0.687. The van der Waals surface area contributed by atoms with Crippen molar-refractivity contribution in [1.82, 2.24) is 0 Å². The maximum atomic E-state index is 12.2. The monoisotopic (exact) mass is 283 g/mol. The normalized spacial score (nSPS) is 16.5. The average Bonchev–Trinajstić information content (AvgIpc) is 2.26. The summed E-state index contributed by atoms with van der Waals surface area (Å²) in [5.74, 6) is 0.275. The highest BCUT2D eigenvalue weighted by Crippen LogP contribution is 2.32. The molecule has 0 spiro atoms. The van der Waals surface area contributed by atoms with Crippen LogP contribution < -0.4 is 0 Å². The van der Waals surface area contributed by atoms with Crippen molar-refractivity contribution in [2.45, 2.75) is 47.1 Å². The number of esters is 1. The van der Waals surface area contributed by atoms with Gasteiger partial charge in [-0.2, -0.15) is 0 Å². The van der Waals surface area contributed by atoms with Crippen molar-refractivity contribution in [2.75, 3.05) is 5.75 Å². The number of hydrogen-bond acceptors (Lipinski definition) is 5. The Hall–Kier alpha value is -1.10. The molecule has 1 aliphatic heterocycles. The van der Waals surface area contributed by atoms with Crippen LogP contribution in [-0.4, -0.2) is 28.2 Å². The Balaban J connectivity index is 2.90. The second kappa shape index (κ2) is 5.49. The second-order valence-corrected chi connectivity index (χ2v) is 7.02. The van der Waals surface area contributed by atoms with Gasteiger partial charge in [-0.25, -0.2) is 0 Å². The minimum Gasteiger partial charge on any atom is -0.459 e. The highest BCUT2D eigenvalue weighted by molar-refractivity contribution is 8.14. The molecule has 0 amide bonds. The first-order valence-electron chi connectivity index (χ1n) is 6.18. The van der Waals surface area contributed by atoms with E-state index in [9.17, 15) is 9.59 Å². The number of ketones is 1. The Kier molecular flexibility index (Phi) is 4.61. The zero-order valence-corrected chi connectivity index (χ0v) is 13.2. The minimum atomic E-state index is -0.795. The summed E-state index contributed by atoms with van der Waals surface area (Å²) in [7, 11) is 0. The zero-order chi connectivity index (χ0) is 14.8. The van der Waals surface area contributed by atoms with Gasteiger partial charge >= 0.3 is 5.97 Å². The maximum Gasteiger partial charge on any atom is 0.318 e. The predicted molar refractivity (Wildman–Crippen MR) is 78.3 cm³/mol. The van der Waals surface area contributed by atoms with Gasteiger partial charge < -0.3 is 4.74 Å². The Morgan fingerprint density at radius 3 is 2.21 bits per heavy atom. The first kappa shape index (κ1) is 16.0. The van der Waals surface area contributed by atoms with E-state index in [0.717, 1.165) is 0 Å². The van der Waals surface area contributed by atoms with Crippen LogP contribution in [0.4, 0.5) is 0 Å². The van der Waals surface area contributed by atoms with Crippen molar-refractivity contribution in [3.63, 3.8) is 0 Å². The number of carbonyl (C=O) groups is 2. The summed E-state index contributed by atoms with van der Waals surface area (Å²) in [4.78, 5) is 27.7. The molecular formula is C14H21NO3S. The van der Waals surface area contributed by atoms with Gasteiger partial charge in [0.15, 0.2) is 5.78 Å². The van der Waals surface area contributed by atoms with Crippen LogP contribution in [0.3, 0.4) is 0 Å². The standard InChI is InChI=1S/C14H21NO3S/c1-9(16)10-7-15-11(19-8-10)14(5,6)12(17)18-13(2,3)4/h7H,8H2,1-6H3. The smallest absolute Gasteiger partial charge is 0.318 e. The fraction of sp³-hybridized carbons (Fsp3) is 0.643. The van der Waals surface area contributed by atoms with Crippen LogP contribution in [0.5, 0.6) is 0 Å². The summed E-state index contributed by atoms with van der Waals surface area (Å²) >= 11 is 1.42. The van der Waals surface area contributed by atoms with Gasteiger partial charge in [-0.05, 0) is 41.5 Å². The summed E-state index contributed by atoms with van der Waals surface area (Å²) in [6.45, 7) is 10.6. The van der Waals surface area contributed by atoms with E-state index in [0.29, 0.717) is 16.4 Å². The van der Waals surface area contributed by atoms with Gasteiger partial charge in [0.1, 0.15) is 11.0 Å². The lowest BCUT2D eigenvalue weighted by Gasteiger charge is -2.30. The predicted octanol–water partition coefficient (Wildman–Crippen LogP) is 2.97. The number of thioether (sulfide) groups is 1. The number of ether oxygens (including phenoxy) is 1. The van der Waals surface area contributed by atoms with Gasteiger partial charge in [0, 0.05) is 17.5 Å². The number of hydrogen-bond donors (Lipinski definition) is 0. The molecule has 0 fully saturated rings. The largest absolute Gasteiger partial charge is 0.459 e. The van der Waals surface area contributed by atoms with Crippen molar-refractivity contribution in [1.29, 1.82) is 0 Å². The van der Waals surface area contributed by atoms with E-state index in [1.165, 1.54) is 18.7 Å². The molecule has 1 heterocycles. The van der Waals surface area contributed by atoms with Gasteiger partial charge in [0.05, 0.1) is 5.04 Å². The fourth-order valence-corrected chi connectivity index (χ4v) is 2.53. The van der Waals surface area contributed by atoms with Crippen molar-refractivity contribution < 1.29 is 14.3 Å². The summed E-state index contributed by atoms with van der Waals surface area (Å²) < 4.78 is 5.41. The Bertz CT molecular complexity index is 456. The van der Waals surface area contributed by atoms with Crippen molar-refractivity contribution in [2.24, 2.45) is 10.4 Å². The first-order chi connectivity index (χ1) is 8.54. The average molecular weight is 283 g/mol. The summed E-state index contributed by atoms with van der Waals surface area (Å²) in [5.41, 5.74) is -0.639. The van der Waals surface area contributed by atoms with Crippen molar-refractivity contribution in [3.8, 4) is 0 Å². The van der Waals surface area contributed by atoms with E-state index in [1.807, 2.05) is 20.8 Å². The lowest BCUT2D eigenvalue weighted by Crippen LogP contribution is -2.38. The molecule has 0 N–H and O–H groups in total. The third-order valence-electron chi connectivity index (χ3n) is 2.60. The molecule has 0 bridgehead atoms. The number of Topliss-reactive ketones (excluding diaryl/α,β-unsaturated/α-hetero) is 1. The van der Waals surface area contributed by atoms with Crippen LogP contribution in [0, 0.1) is 5.41 Å². The molecule has 0 saturated heterocycles. The van der Waals surface area contributed by atoms with Gasteiger partial charge in [0.25, 0.3) is 0 Å². The summed E-state index contributed by atoms with van der Waals surface area (Å²) in [6, 6.07) is 0. The molecule has 0 aromatic rings. The van der Waals surface area contributed by atoms with E-state index in [4.69, 9.17) is 4.74 Å². The lowest BCUT2D eigenvalue weighted by atomic mass is 9.94. The molecule has 0 aromatic heterocycles. The fourth-order valence-electron chi connectivity index (χ4n) is 1.38. The van der Waals surface area contributed by atoms with Crippen LogP contribution >= 0.6 is 11.8 Å². The van der Waals surface area contributed by atoms with Crippen LogP contribution in [0.2, 0.25) is 0 Å². The van der Waals surface area contributed by atoms with Gasteiger partial charge in [-0.15, -0.1) is 11.8 Å². The van der Waals surface area contributed by atoms with Crippen LogP contribution in [0.25, 0.3) is 0 Å². The highest BCUT2D eigenvalue weighted by Gasteiger charge is 2.38. The Labute approximate surface area is 118 Å². The molecule has 4 nitrogen and oxygen atoms in total. The van der Waals surface area contributed by atoms with Gasteiger partial charge in [-0.3, -0.25) is 14.6 Å². The SMILES string of the molecule is CC(=O)C1=CN=C(C(C)(C)C(=O)OC(C)(C)C)SC1. The molecular weight excluding hydrogens is 262 g/mol. The molecule has 19 heavy (non-hydrogen) atoms. The Morgan fingerprint density at radius 1 is 1.26 bits per heavy atom. The van der Waals surface area contributed by atoms with Crippen molar-refractivity contribution in [3.05, 3.63) is 11.8 Å². The topological polar surface area (TPSA) is 55.7 Å². The third-order valence-corrected chi connectivity index (χ3v) is 3.94. The van der Waals surface area contributed by atoms with E-state index < -0.39 is 11.0 Å². The number of nitrogens with zero attached hydrogens (tertiary/aromatic N) is 1.